The Morgan fingerprint density at radius 2 is 2.27 bits per heavy atom. The van der Waals surface area contributed by atoms with Crippen molar-refractivity contribution >= 4 is 11.5 Å². The Morgan fingerprint density at radius 3 is 2.67 bits per heavy atom. The van der Waals surface area contributed by atoms with Crippen molar-refractivity contribution in [3.63, 3.8) is 0 Å². The van der Waals surface area contributed by atoms with Crippen molar-refractivity contribution in [1.82, 2.24) is 4.98 Å². The number of halogens is 2. The number of hydrogen-bond acceptors (Lipinski definition) is 5. The minimum Gasteiger partial charge on any atom is -0.494 e. The molecule has 15 heavy (non-hydrogen) atoms. The van der Waals surface area contributed by atoms with Crippen molar-refractivity contribution in [1.29, 1.82) is 0 Å². The van der Waals surface area contributed by atoms with Gasteiger partial charge in [-0.05, 0) is 9.91 Å². The van der Waals surface area contributed by atoms with Gasteiger partial charge >= 0.3 is 5.82 Å². The Balaban J connectivity index is 3.49. The Morgan fingerprint density at radius 1 is 1.67 bits per heavy atom. The van der Waals surface area contributed by atoms with Gasteiger partial charge in [0, 0.05) is 0 Å². The number of nitrogens with two attached hydrogens (primary N) is 1. The van der Waals surface area contributed by atoms with E-state index in [0.29, 0.717) is 0 Å². The van der Waals surface area contributed by atoms with Crippen LogP contribution in [0.2, 0.25) is 0 Å². The van der Waals surface area contributed by atoms with Gasteiger partial charge in [-0.1, -0.05) is 0 Å². The number of nitrogen functional groups attached to an aromatic ring is 1. The predicted octanol–water partition coefficient (Wildman–Crippen LogP) is 1.52. The molecule has 0 saturated carbocycles. The lowest BCUT2D eigenvalue weighted by Crippen LogP contribution is -2.05. The van der Waals surface area contributed by atoms with Crippen LogP contribution >= 0.6 is 0 Å². The molecule has 0 aliphatic rings. The highest BCUT2D eigenvalue weighted by molar-refractivity contribution is 5.60. The summed E-state index contributed by atoms with van der Waals surface area (Å²) >= 11 is 0. The fourth-order valence-corrected chi connectivity index (χ4v) is 1.09. The molecule has 82 valence electrons. The number of alkyl halides is 2. The molecule has 0 unspecified atom stereocenters. The minimum atomic E-state index is -3.07. The van der Waals surface area contributed by atoms with E-state index < -0.39 is 28.5 Å². The van der Waals surface area contributed by atoms with Crippen LogP contribution in [0.15, 0.2) is 6.20 Å². The van der Waals surface area contributed by atoms with E-state index in [1.165, 1.54) is 0 Å². The minimum absolute atomic E-state index is 0.168. The second-order valence-corrected chi connectivity index (χ2v) is 2.54. The van der Waals surface area contributed by atoms with E-state index in [0.717, 1.165) is 13.3 Å². The molecule has 0 aliphatic carbocycles. The van der Waals surface area contributed by atoms with Gasteiger partial charge in [0.1, 0.15) is 5.69 Å². The molecule has 0 fully saturated rings. The molecule has 6 nitrogen and oxygen atoms in total. The largest absolute Gasteiger partial charge is 0.494 e. The molecule has 8 heteroatoms. The van der Waals surface area contributed by atoms with Gasteiger partial charge in [-0.25, -0.2) is 8.78 Å². The fraction of sp³-hybridized carbons (Fsp3) is 0.286. The maximum Gasteiger partial charge on any atom is 0.376 e. The summed E-state index contributed by atoms with van der Waals surface area (Å²) in [5.74, 6) is -1.36. The van der Waals surface area contributed by atoms with Crippen LogP contribution in [0, 0.1) is 10.1 Å². The zero-order valence-electron chi connectivity index (χ0n) is 7.61. The summed E-state index contributed by atoms with van der Waals surface area (Å²) in [6.07, 6.45) is -2.17. The molecule has 0 aromatic carbocycles. The third-order valence-electron chi connectivity index (χ3n) is 1.67. The number of nitro groups is 1. The van der Waals surface area contributed by atoms with Gasteiger partial charge in [0.25, 0.3) is 6.43 Å². The quantitative estimate of drug-likeness (QED) is 0.614. The number of hydrogen-bond donors (Lipinski definition) is 1. The van der Waals surface area contributed by atoms with Crippen LogP contribution in [0.25, 0.3) is 0 Å². The van der Waals surface area contributed by atoms with E-state index in [4.69, 9.17) is 5.73 Å². The first kappa shape index (κ1) is 11.1. The molecular weight excluding hydrogens is 212 g/mol. The topological polar surface area (TPSA) is 91.3 Å². The second-order valence-electron chi connectivity index (χ2n) is 2.54. The lowest BCUT2D eigenvalue weighted by atomic mass is 10.2. The highest BCUT2D eigenvalue weighted by atomic mass is 19.3. The normalized spacial score (nSPS) is 10.4. The summed E-state index contributed by atoms with van der Waals surface area (Å²) in [5, 5.41) is 10.4. The SMILES string of the molecule is COc1c(N)cnc([N+](=O)[O-])c1C(F)F. The van der Waals surface area contributed by atoms with Gasteiger partial charge in [-0.2, -0.15) is 0 Å². The number of nitrogens with zero attached hydrogens (tertiary/aromatic N) is 2. The third-order valence-corrected chi connectivity index (χ3v) is 1.67. The average molecular weight is 219 g/mol. The Labute approximate surface area is 82.8 Å². The highest BCUT2D eigenvalue weighted by Gasteiger charge is 2.29. The maximum atomic E-state index is 12.5. The molecule has 0 atom stereocenters. The number of aromatic nitrogens is 1. The average Bonchev–Trinajstić information content (AvgIpc) is 2.16. The predicted molar refractivity (Wildman–Crippen MR) is 46.8 cm³/mol. The third kappa shape index (κ3) is 1.92. The van der Waals surface area contributed by atoms with Gasteiger partial charge < -0.3 is 20.6 Å². The Kier molecular flexibility index (Phi) is 2.98. The summed E-state index contributed by atoms with van der Waals surface area (Å²) in [5.41, 5.74) is 4.23. The number of ether oxygens (including phenoxy) is 1. The van der Waals surface area contributed by atoms with Gasteiger partial charge in [0.15, 0.2) is 17.5 Å². The Bertz CT molecular complexity index is 397. The number of anilines is 1. The molecule has 2 N–H and O–H groups in total. The van der Waals surface area contributed by atoms with Gasteiger partial charge in [0.05, 0.1) is 7.11 Å². The summed E-state index contributed by atoms with van der Waals surface area (Å²) in [4.78, 5) is 12.6. The molecule has 0 bridgehead atoms. The maximum absolute atomic E-state index is 12.5. The van der Waals surface area contributed by atoms with E-state index >= 15 is 0 Å². The van der Waals surface area contributed by atoms with Crippen molar-refractivity contribution in [3.8, 4) is 5.75 Å². The molecule has 0 aliphatic heterocycles. The van der Waals surface area contributed by atoms with E-state index in [2.05, 4.69) is 9.72 Å². The number of pyridine rings is 1. The molecule has 0 spiro atoms. The van der Waals surface area contributed by atoms with E-state index in [1.807, 2.05) is 0 Å². The monoisotopic (exact) mass is 219 g/mol. The van der Waals surface area contributed by atoms with E-state index in [-0.39, 0.29) is 5.69 Å². The first-order valence-electron chi connectivity index (χ1n) is 3.74. The highest BCUT2D eigenvalue weighted by Crippen LogP contribution is 2.38. The van der Waals surface area contributed by atoms with Crippen LogP contribution in [0.1, 0.15) is 12.0 Å². The molecule has 1 rings (SSSR count). The van der Waals surface area contributed by atoms with Crippen LogP contribution in [0.5, 0.6) is 5.75 Å². The van der Waals surface area contributed by atoms with E-state index in [1.54, 1.807) is 0 Å². The van der Waals surface area contributed by atoms with Crippen molar-refractivity contribution in [3.05, 3.63) is 21.9 Å². The van der Waals surface area contributed by atoms with Crippen molar-refractivity contribution in [2.75, 3.05) is 12.8 Å². The van der Waals surface area contributed by atoms with Crippen molar-refractivity contribution in [2.45, 2.75) is 6.43 Å². The molecule has 0 radical (unpaired) electrons. The first-order valence-corrected chi connectivity index (χ1v) is 3.74. The van der Waals surface area contributed by atoms with Crippen LogP contribution in [-0.2, 0) is 0 Å². The van der Waals surface area contributed by atoms with E-state index in [9.17, 15) is 18.9 Å². The van der Waals surface area contributed by atoms with Crippen molar-refractivity contribution < 1.29 is 18.4 Å². The smallest absolute Gasteiger partial charge is 0.376 e. The van der Waals surface area contributed by atoms with Gasteiger partial charge in [0.2, 0.25) is 0 Å². The second kappa shape index (κ2) is 4.03. The fourth-order valence-electron chi connectivity index (χ4n) is 1.09. The van der Waals surface area contributed by atoms with Crippen LogP contribution in [-0.4, -0.2) is 17.0 Å². The standard InChI is InChI=1S/C7H7F2N3O3/c1-15-5-3(10)2-11-7(12(13)14)4(5)6(8)9/h2,6H,10H2,1H3. The lowest BCUT2D eigenvalue weighted by Gasteiger charge is -2.08. The van der Waals surface area contributed by atoms with Crippen LogP contribution in [0.3, 0.4) is 0 Å². The van der Waals surface area contributed by atoms with Gasteiger partial charge in [-0.15, -0.1) is 0 Å². The van der Waals surface area contributed by atoms with Crippen molar-refractivity contribution in [2.24, 2.45) is 0 Å². The van der Waals surface area contributed by atoms with Crippen LogP contribution in [0.4, 0.5) is 20.3 Å². The summed E-state index contributed by atoms with van der Waals surface area (Å²) in [6.45, 7) is 0. The Hall–Kier alpha value is -1.99. The number of methoxy groups -OCH3 is 1. The summed E-state index contributed by atoms with van der Waals surface area (Å²) in [6, 6.07) is 0. The van der Waals surface area contributed by atoms with Gasteiger partial charge in [-0.3, -0.25) is 0 Å². The lowest BCUT2D eigenvalue weighted by molar-refractivity contribution is -0.391. The zero-order chi connectivity index (χ0) is 11.6. The first-order chi connectivity index (χ1) is 6.99. The molecular formula is C7H7F2N3O3. The molecule has 0 saturated heterocycles. The summed E-state index contributed by atoms with van der Waals surface area (Å²) < 4.78 is 29.6. The van der Waals surface area contributed by atoms with Crippen LogP contribution < -0.4 is 10.5 Å². The molecule has 0 amide bonds. The number of rotatable bonds is 3. The summed E-state index contributed by atoms with van der Waals surface area (Å²) in [7, 11) is 1.10. The zero-order valence-corrected chi connectivity index (χ0v) is 7.61. The molecule has 1 heterocycles. The molecule has 1 aromatic heterocycles. The molecule has 1 aromatic rings.